The van der Waals surface area contributed by atoms with Gasteiger partial charge >= 0.3 is 5.97 Å². The molecule has 1 aromatic heterocycles. The van der Waals surface area contributed by atoms with Crippen LogP contribution in [-0.4, -0.2) is 37.4 Å². The first-order valence-corrected chi connectivity index (χ1v) is 8.24. The molecule has 0 saturated carbocycles. The quantitative estimate of drug-likeness (QED) is 0.531. The third-order valence-electron chi connectivity index (χ3n) is 3.04. The number of furan rings is 1. The van der Waals surface area contributed by atoms with E-state index in [9.17, 15) is 14.4 Å². The van der Waals surface area contributed by atoms with E-state index in [1.807, 2.05) is 6.92 Å². The molecule has 7 nitrogen and oxygen atoms in total. The van der Waals surface area contributed by atoms with Gasteiger partial charge in [-0.2, -0.15) is 0 Å². The monoisotopic (exact) mass is 409 g/mol. The minimum Gasteiger partial charge on any atom is -0.494 e. The van der Waals surface area contributed by atoms with Gasteiger partial charge in [-0.1, -0.05) is 0 Å². The largest absolute Gasteiger partial charge is 0.494 e. The van der Waals surface area contributed by atoms with Gasteiger partial charge in [0, 0.05) is 5.56 Å². The van der Waals surface area contributed by atoms with Gasteiger partial charge in [-0.05, 0) is 59.3 Å². The standard InChI is InChI=1S/C17H16BrNO6/c1-2-23-12-5-3-11(4-6-12)13(20)10-24-16(21)9-19-17(22)14-7-8-15(18)25-14/h3-8H,2,9-10H2,1H3,(H,19,22). The Hall–Kier alpha value is -2.61. The molecule has 0 aliphatic rings. The molecule has 0 bridgehead atoms. The zero-order valence-electron chi connectivity index (χ0n) is 13.4. The number of ketones is 1. The second-order valence-electron chi connectivity index (χ2n) is 4.83. The van der Waals surface area contributed by atoms with Gasteiger partial charge in [0.15, 0.2) is 22.8 Å². The molecule has 2 aromatic rings. The maximum absolute atomic E-state index is 12.0. The highest BCUT2D eigenvalue weighted by molar-refractivity contribution is 9.10. The fourth-order valence-corrected chi connectivity index (χ4v) is 2.17. The second-order valence-corrected chi connectivity index (χ2v) is 5.61. The molecule has 0 fully saturated rings. The molecular formula is C17H16BrNO6. The van der Waals surface area contributed by atoms with E-state index in [4.69, 9.17) is 13.9 Å². The summed E-state index contributed by atoms with van der Waals surface area (Å²) in [6.45, 7) is 1.62. The van der Waals surface area contributed by atoms with Crippen LogP contribution in [0.1, 0.15) is 27.8 Å². The fraction of sp³-hybridized carbons (Fsp3) is 0.235. The minimum absolute atomic E-state index is 0.0603. The van der Waals surface area contributed by atoms with E-state index in [0.29, 0.717) is 22.6 Å². The van der Waals surface area contributed by atoms with E-state index in [1.54, 1.807) is 30.3 Å². The van der Waals surface area contributed by atoms with Crippen molar-refractivity contribution in [3.05, 3.63) is 52.4 Å². The molecule has 1 N–H and O–H groups in total. The summed E-state index contributed by atoms with van der Waals surface area (Å²) in [6, 6.07) is 9.54. The number of ether oxygens (including phenoxy) is 2. The molecule has 1 heterocycles. The van der Waals surface area contributed by atoms with Gasteiger partial charge in [0.05, 0.1) is 6.61 Å². The zero-order valence-corrected chi connectivity index (χ0v) is 15.0. The fourth-order valence-electron chi connectivity index (χ4n) is 1.86. The number of esters is 1. The predicted octanol–water partition coefficient (Wildman–Crippen LogP) is 2.60. The van der Waals surface area contributed by atoms with Gasteiger partial charge in [0.1, 0.15) is 12.3 Å². The Kier molecular flexibility index (Phi) is 6.76. The van der Waals surface area contributed by atoms with Crippen LogP contribution in [0, 0.1) is 0 Å². The molecular weight excluding hydrogens is 394 g/mol. The first-order chi connectivity index (χ1) is 12.0. The summed E-state index contributed by atoms with van der Waals surface area (Å²) in [4.78, 5) is 35.3. The molecule has 0 aliphatic carbocycles. The third-order valence-corrected chi connectivity index (χ3v) is 3.47. The Bertz CT molecular complexity index is 753. The van der Waals surface area contributed by atoms with Crippen LogP contribution in [0.2, 0.25) is 0 Å². The van der Waals surface area contributed by atoms with Gasteiger partial charge < -0.3 is 19.2 Å². The maximum atomic E-state index is 12.0. The van der Waals surface area contributed by atoms with Gasteiger partial charge in [-0.15, -0.1) is 0 Å². The summed E-state index contributed by atoms with van der Waals surface area (Å²) < 4.78 is 15.6. The molecule has 1 aromatic carbocycles. The van der Waals surface area contributed by atoms with E-state index < -0.39 is 18.5 Å². The molecule has 132 valence electrons. The Labute approximate surface area is 152 Å². The average molecular weight is 410 g/mol. The lowest BCUT2D eigenvalue weighted by molar-refractivity contribution is -0.141. The smallest absolute Gasteiger partial charge is 0.325 e. The Balaban J connectivity index is 1.75. The number of halogens is 1. The summed E-state index contributed by atoms with van der Waals surface area (Å²) >= 11 is 3.07. The van der Waals surface area contributed by atoms with Crippen molar-refractivity contribution in [2.75, 3.05) is 19.8 Å². The lowest BCUT2D eigenvalue weighted by atomic mass is 10.1. The van der Waals surface area contributed by atoms with Gasteiger partial charge in [0.2, 0.25) is 0 Å². The summed E-state index contributed by atoms with van der Waals surface area (Å²) in [6.07, 6.45) is 0. The van der Waals surface area contributed by atoms with Crippen LogP contribution in [0.15, 0.2) is 45.5 Å². The van der Waals surface area contributed by atoms with Crippen LogP contribution < -0.4 is 10.1 Å². The molecule has 1 amide bonds. The first kappa shape index (κ1) is 18.7. The first-order valence-electron chi connectivity index (χ1n) is 7.45. The number of benzene rings is 1. The van der Waals surface area contributed by atoms with Crippen molar-refractivity contribution in [1.82, 2.24) is 5.32 Å². The van der Waals surface area contributed by atoms with E-state index in [1.165, 1.54) is 6.07 Å². The Morgan fingerprint density at radius 3 is 2.44 bits per heavy atom. The Morgan fingerprint density at radius 1 is 1.12 bits per heavy atom. The number of rotatable bonds is 8. The van der Waals surface area contributed by atoms with Crippen LogP contribution in [0.3, 0.4) is 0 Å². The van der Waals surface area contributed by atoms with Gasteiger partial charge in [0.25, 0.3) is 5.91 Å². The number of hydrogen-bond donors (Lipinski definition) is 1. The summed E-state index contributed by atoms with van der Waals surface area (Å²) in [5.74, 6) is -0.912. The molecule has 0 saturated heterocycles. The van der Waals surface area contributed by atoms with Crippen LogP contribution in [0.4, 0.5) is 0 Å². The summed E-state index contributed by atoms with van der Waals surface area (Å²) in [5.41, 5.74) is 0.403. The topological polar surface area (TPSA) is 94.8 Å². The lowest BCUT2D eigenvalue weighted by Gasteiger charge is -2.06. The highest BCUT2D eigenvalue weighted by Crippen LogP contribution is 2.14. The second kappa shape index (κ2) is 9.03. The van der Waals surface area contributed by atoms with Crippen molar-refractivity contribution in [3.8, 4) is 5.75 Å². The SMILES string of the molecule is CCOc1ccc(C(=O)COC(=O)CNC(=O)c2ccc(Br)o2)cc1. The number of Topliss-reactive ketones (excluding diaryl/α,β-unsaturated/α-hetero) is 1. The number of carbonyl (C=O) groups is 3. The van der Waals surface area contributed by atoms with Crippen LogP contribution in [-0.2, 0) is 9.53 Å². The maximum Gasteiger partial charge on any atom is 0.325 e. The normalized spacial score (nSPS) is 10.2. The Morgan fingerprint density at radius 2 is 1.84 bits per heavy atom. The number of nitrogens with one attached hydrogen (secondary N) is 1. The van der Waals surface area contributed by atoms with Crippen molar-refractivity contribution >= 4 is 33.6 Å². The molecule has 0 unspecified atom stereocenters. The molecule has 0 aliphatic heterocycles. The van der Waals surface area contributed by atoms with Crippen molar-refractivity contribution in [2.24, 2.45) is 0 Å². The van der Waals surface area contributed by atoms with Crippen LogP contribution in [0.25, 0.3) is 0 Å². The highest BCUT2D eigenvalue weighted by Gasteiger charge is 2.14. The predicted molar refractivity (Wildman–Crippen MR) is 91.6 cm³/mol. The van der Waals surface area contributed by atoms with Crippen LogP contribution >= 0.6 is 15.9 Å². The molecule has 0 radical (unpaired) electrons. The summed E-state index contributed by atoms with van der Waals surface area (Å²) in [7, 11) is 0. The van der Waals surface area contributed by atoms with E-state index in [2.05, 4.69) is 21.2 Å². The minimum atomic E-state index is -0.724. The van der Waals surface area contributed by atoms with E-state index in [0.717, 1.165) is 0 Å². The molecule has 25 heavy (non-hydrogen) atoms. The summed E-state index contributed by atoms with van der Waals surface area (Å²) in [5, 5.41) is 2.34. The number of amides is 1. The third kappa shape index (κ3) is 5.75. The molecule has 0 atom stereocenters. The van der Waals surface area contributed by atoms with Gasteiger partial charge in [-0.25, -0.2) is 0 Å². The van der Waals surface area contributed by atoms with Gasteiger partial charge in [-0.3, -0.25) is 14.4 Å². The van der Waals surface area contributed by atoms with Crippen molar-refractivity contribution < 1.29 is 28.3 Å². The van der Waals surface area contributed by atoms with Crippen LogP contribution in [0.5, 0.6) is 5.75 Å². The van der Waals surface area contributed by atoms with Crippen molar-refractivity contribution in [3.63, 3.8) is 0 Å². The molecule has 8 heteroatoms. The average Bonchev–Trinajstić information content (AvgIpc) is 3.05. The van der Waals surface area contributed by atoms with Crippen molar-refractivity contribution in [1.29, 1.82) is 0 Å². The lowest BCUT2D eigenvalue weighted by Crippen LogP contribution is -2.31. The van der Waals surface area contributed by atoms with E-state index >= 15 is 0 Å². The number of hydrogen-bond acceptors (Lipinski definition) is 6. The molecule has 2 rings (SSSR count). The molecule has 0 spiro atoms. The van der Waals surface area contributed by atoms with E-state index in [-0.39, 0.29) is 18.1 Å². The zero-order chi connectivity index (χ0) is 18.2. The highest BCUT2D eigenvalue weighted by atomic mass is 79.9. The number of carbonyl (C=O) groups excluding carboxylic acids is 3. The van der Waals surface area contributed by atoms with Crippen molar-refractivity contribution in [2.45, 2.75) is 6.92 Å².